The largest absolute Gasteiger partial charge is 0.376 e. The molecule has 0 aliphatic heterocycles. The summed E-state index contributed by atoms with van der Waals surface area (Å²) in [4.78, 5) is 0. The zero-order valence-corrected chi connectivity index (χ0v) is 16.1. The highest BCUT2D eigenvalue weighted by molar-refractivity contribution is 5.50. The third-order valence-electron chi connectivity index (χ3n) is 5.35. The minimum absolute atomic E-state index is 0.241. The molecule has 0 heterocycles. The predicted molar refractivity (Wildman–Crippen MR) is 108 cm³/mol. The number of benzene rings is 3. The Morgan fingerprint density at radius 1 is 0.692 bits per heavy atom. The van der Waals surface area contributed by atoms with E-state index in [1.807, 2.05) is 66.7 Å². The van der Waals surface area contributed by atoms with Crippen LogP contribution in [-0.4, -0.2) is 30.7 Å². The van der Waals surface area contributed by atoms with Gasteiger partial charge in [-0.05, 0) is 18.1 Å². The number of nitrogens with zero attached hydrogens (tertiary/aromatic N) is 1. The van der Waals surface area contributed by atoms with E-state index in [4.69, 9.17) is 0 Å². The number of quaternary nitrogens is 1. The number of hydrogen-bond acceptors (Lipinski definition) is 1. The molecule has 0 bridgehead atoms. The topological polar surface area (TPSA) is 20.2 Å². The Balaban J connectivity index is 2.29. The Labute approximate surface area is 156 Å². The maximum Gasteiger partial charge on any atom is 0.141 e. The second-order valence-corrected chi connectivity index (χ2v) is 7.82. The molecule has 2 heteroatoms. The molecule has 26 heavy (non-hydrogen) atoms. The van der Waals surface area contributed by atoms with E-state index in [9.17, 15) is 5.11 Å². The van der Waals surface area contributed by atoms with Crippen molar-refractivity contribution in [2.24, 2.45) is 0 Å². The first-order chi connectivity index (χ1) is 12.3. The van der Waals surface area contributed by atoms with Crippen LogP contribution in [0.3, 0.4) is 0 Å². The van der Waals surface area contributed by atoms with Crippen LogP contribution >= 0.6 is 0 Å². The van der Waals surface area contributed by atoms with Crippen LogP contribution in [0.25, 0.3) is 0 Å². The standard InChI is InChI=1S/C24H28NO/c1-19(25(2,3)4)22-17-11-12-18-23(22)24(26,20-13-7-5-8-14-20)21-15-9-6-10-16-21/h5-19,26H,1-4H3/q+1/t19-/m1/s1. The molecule has 3 rings (SSSR count). The minimum Gasteiger partial charge on any atom is -0.376 e. The van der Waals surface area contributed by atoms with Crippen molar-refractivity contribution < 1.29 is 9.59 Å². The molecule has 0 fully saturated rings. The number of hydrogen-bond donors (Lipinski definition) is 1. The lowest BCUT2D eigenvalue weighted by Crippen LogP contribution is -2.39. The Morgan fingerprint density at radius 2 is 1.12 bits per heavy atom. The molecule has 0 radical (unpaired) electrons. The van der Waals surface area contributed by atoms with Crippen molar-refractivity contribution in [1.29, 1.82) is 0 Å². The van der Waals surface area contributed by atoms with Crippen molar-refractivity contribution >= 4 is 0 Å². The molecule has 0 saturated carbocycles. The highest BCUT2D eigenvalue weighted by Gasteiger charge is 2.38. The molecular weight excluding hydrogens is 318 g/mol. The van der Waals surface area contributed by atoms with Crippen LogP contribution in [0.4, 0.5) is 0 Å². The monoisotopic (exact) mass is 346 g/mol. The van der Waals surface area contributed by atoms with E-state index in [1.165, 1.54) is 0 Å². The minimum atomic E-state index is -1.19. The Bertz CT molecular complexity index is 811. The molecule has 0 amide bonds. The highest BCUT2D eigenvalue weighted by atomic mass is 16.3. The molecule has 0 aromatic heterocycles. The Hall–Kier alpha value is -2.42. The van der Waals surface area contributed by atoms with Gasteiger partial charge in [0.15, 0.2) is 0 Å². The van der Waals surface area contributed by atoms with Gasteiger partial charge >= 0.3 is 0 Å². The summed E-state index contributed by atoms with van der Waals surface area (Å²) in [6, 6.07) is 28.4. The first-order valence-electron chi connectivity index (χ1n) is 9.09. The molecule has 0 aliphatic rings. The zero-order valence-electron chi connectivity index (χ0n) is 16.1. The fourth-order valence-electron chi connectivity index (χ4n) is 3.44. The van der Waals surface area contributed by atoms with Crippen molar-refractivity contribution in [2.45, 2.75) is 18.6 Å². The average Bonchev–Trinajstić information content (AvgIpc) is 2.67. The van der Waals surface area contributed by atoms with Gasteiger partial charge in [-0.1, -0.05) is 84.9 Å². The lowest BCUT2D eigenvalue weighted by atomic mass is 9.77. The summed E-state index contributed by atoms with van der Waals surface area (Å²) >= 11 is 0. The van der Waals surface area contributed by atoms with E-state index < -0.39 is 5.60 Å². The fraction of sp³-hybridized carbons (Fsp3) is 0.250. The van der Waals surface area contributed by atoms with E-state index in [0.717, 1.165) is 26.7 Å². The van der Waals surface area contributed by atoms with E-state index in [-0.39, 0.29) is 6.04 Å². The van der Waals surface area contributed by atoms with Crippen molar-refractivity contribution in [3.63, 3.8) is 0 Å². The first-order valence-corrected chi connectivity index (χ1v) is 9.09. The summed E-state index contributed by atoms with van der Waals surface area (Å²) in [6.07, 6.45) is 0. The molecule has 0 saturated heterocycles. The van der Waals surface area contributed by atoms with Gasteiger partial charge in [-0.25, -0.2) is 0 Å². The van der Waals surface area contributed by atoms with Gasteiger partial charge in [-0.3, -0.25) is 0 Å². The fourth-order valence-corrected chi connectivity index (χ4v) is 3.44. The molecule has 0 unspecified atom stereocenters. The summed E-state index contributed by atoms with van der Waals surface area (Å²) in [5.74, 6) is 0. The van der Waals surface area contributed by atoms with Crippen LogP contribution in [0.5, 0.6) is 0 Å². The average molecular weight is 346 g/mol. The van der Waals surface area contributed by atoms with Gasteiger partial charge in [-0.15, -0.1) is 0 Å². The summed E-state index contributed by atoms with van der Waals surface area (Å²) in [5, 5.41) is 12.1. The lowest BCUT2D eigenvalue weighted by molar-refractivity contribution is -0.900. The van der Waals surface area contributed by atoms with Gasteiger partial charge < -0.3 is 9.59 Å². The van der Waals surface area contributed by atoms with Gasteiger partial charge in [0.2, 0.25) is 0 Å². The Morgan fingerprint density at radius 3 is 1.58 bits per heavy atom. The van der Waals surface area contributed by atoms with Gasteiger partial charge in [0.1, 0.15) is 11.6 Å². The normalized spacial score (nSPS) is 13.4. The quantitative estimate of drug-likeness (QED) is 0.523. The molecule has 1 atom stereocenters. The van der Waals surface area contributed by atoms with Crippen molar-refractivity contribution in [2.75, 3.05) is 21.1 Å². The lowest BCUT2D eigenvalue weighted by Gasteiger charge is -2.37. The van der Waals surface area contributed by atoms with Gasteiger partial charge in [0, 0.05) is 11.1 Å². The molecule has 0 spiro atoms. The smallest absolute Gasteiger partial charge is 0.141 e. The van der Waals surface area contributed by atoms with E-state index in [0.29, 0.717) is 0 Å². The first kappa shape index (κ1) is 18.4. The number of rotatable bonds is 5. The van der Waals surface area contributed by atoms with Crippen LogP contribution in [0.2, 0.25) is 0 Å². The van der Waals surface area contributed by atoms with Crippen LogP contribution in [0.1, 0.15) is 35.2 Å². The second-order valence-electron chi connectivity index (χ2n) is 7.82. The van der Waals surface area contributed by atoms with E-state index >= 15 is 0 Å². The van der Waals surface area contributed by atoms with Gasteiger partial charge in [0.25, 0.3) is 0 Å². The molecule has 1 N–H and O–H groups in total. The zero-order chi connectivity index (χ0) is 18.8. The summed E-state index contributed by atoms with van der Waals surface area (Å²) in [5.41, 5.74) is 2.68. The van der Waals surface area contributed by atoms with Crippen molar-refractivity contribution in [1.82, 2.24) is 0 Å². The maximum atomic E-state index is 12.1. The third-order valence-corrected chi connectivity index (χ3v) is 5.35. The number of aliphatic hydroxyl groups is 1. The molecule has 2 nitrogen and oxygen atoms in total. The predicted octanol–water partition coefficient (Wildman–Crippen LogP) is 4.74. The van der Waals surface area contributed by atoms with Crippen LogP contribution < -0.4 is 0 Å². The molecular formula is C24H28NO+. The molecule has 0 aliphatic carbocycles. The molecule has 3 aromatic rings. The molecule has 134 valence electrons. The third kappa shape index (κ3) is 3.31. The van der Waals surface area contributed by atoms with Crippen molar-refractivity contribution in [3.05, 3.63) is 107 Å². The van der Waals surface area contributed by atoms with E-state index in [1.54, 1.807) is 0 Å². The summed E-state index contributed by atoms with van der Waals surface area (Å²) < 4.78 is 0.788. The SMILES string of the molecule is C[C@H](c1ccccc1C(O)(c1ccccc1)c1ccccc1)[N+](C)(C)C. The Kier molecular flexibility index (Phi) is 4.99. The van der Waals surface area contributed by atoms with E-state index in [2.05, 4.69) is 46.3 Å². The van der Waals surface area contributed by atoms with Gasteiger partial charge in [0.05, 0.1) is 21.1 Å². The van der Waals surface area contributed by atoms with Gasteiger partial charge in [-0.2, -0.15) is 0 Å². The summed E-state index contributed by atoms with van der Waals surface area (Å²) in [7, 11) is 6.56. The molecule has 3 aromatic carbocycles. The maximum absolute atomic E-state index is 12.1. The van der Waals surface area contributed by atoms with Crippen LogP contribution in [-0.2, 0) is 5.60 Å². The van der Waals surface area contributed by atoms with Crippen LogP contribution in [0, 0.1) is 0 Å². The summed E-state index contributed by atoms with van der Waals surface area (Å²) in [6.45, 7) is 2.22. The van der Waals surface area contributed by atoms with Crippen molar-refractivity contribution in [3.8, 4) is 0 Å². The van der Waals surface area contributed by atoms with Crippen LogP contribution in [0.15, 0.2) is 84.9 Å². The highest BCUT2D eigenvalue weighted by Crippen LogP contribution is 2.41. The second kappa shape index (κ2) is 7.06.